The first-order valence-corrected chi connectivity index (χ1v) is 10.5. The molecule has 162 valence electrons. The number of alkyl halides is 1. The van der Waals surface area contributed by atoms with Crippen LogP contribution in [0, 0.1) is 29.3 Å². The fraction of sp³-hybridized carbons (Fsp3) is 0.458. The van der Waals surface area contributed by atoms with Crippen molar-refractivity contribution in [1.29, 1.82) is 0 Å². The van der Waals surface area contributed by atoms with Crippen LogP contribution in [0.5, 0.6) is 0 Å². The van der Waals surface area contributed by atoms with Crippen LogP contribution >= 0.6 is 0 Å². The lowest BCUT2D eigenvalue weighted by Gasteiger charge is -2.31. The van der Waals surface area contributed by atoms with Gasteiger partial charge in [-0.1, -0.05) is 44.7 Å². The van der Waals surface area contributed by atoms with Crippen molar-refractivity contribution in [3.05, 3.63) is 58.9 Å². The molecular formula is C24H26F4O2. The molecule has 2 nitrogen and oxygen atoms in total. The van der Waals surface area contributed by atoms with Crippen molar-refractivity contribution < 1.29 is 27.5 Å². The number of aromatic carboxylic acids is 1. The quantitative estimate of drug-likeness (QED) is 0.387. The fourth-order valence-corrected chi connectivity index (χ4v) is 4.60. The molecule has 1 fully saturated rings. The van der Waals surface area contributed by atoms with Gasteiger partial charge >= 0.3 is 5.97 Å². The number of hydrogen-bond donors (Lipinski definition) is 1. The van der Waals surface area contributed by atoms with E-state index in [0.29, 0.717) is 5.92 Å². The van der Waals surface area contributed by atoms with Gasteiger partial charge in [-0.25, -0.2) is 22.4 Å². The molecule has 1 aliphatic carbocycles. The zero-order valence-electron chi connectivity index (χ0n) is 16.9. The van der Waals surface area contributed by atoms with Crippen LogP contribution in [0.15, 0.2) is 30.3 Å². The number of benzene rings is 2. The van der Waals surface area contributed by atoms with Crippen LogP contribution in [-0.4, -0.2) is 17.2 Å². The standard InChI is InChI=1S/C24H26F4O2/c1-2-4-14-7-9-15(10-8-14)20(25)13-19-17(5-3-6-18(19)24(29)30)16-11-21(26)23(28)22(27)12-16/h3,5-6,11-12,14-15,20H,2,4,7-10,13H2,1H3,(H,29,30). The van der Waals surface area contributed by atoms with E-state index in [2.05, 4.69) is 6.92 Å². The first-order chi connectivity index (χ1) is 14.3. The fourth-order valence-electron chi connectivity index (χ4n) is 4.60. The van der Waals surface area contributed by atoms with Gasteiger partial charge in [0.1, 0.15) is 6.17 Å². The molecule has 2 aromatic rings. The van der Waals surface area contributed by atoms with Crippen molar-refractivity contribution in [2.75, 3.05) is 0 Å². The van der Waals surface area contributed by atoms with Gasteiger partial charge in [-0.3, -0.25) is 0 Å². The molecule has 1 atom stereocenters. The lowest BCUT2D eigenvalue weighted by Crippen LogP contribution is -2.25. The Bertz CT molecular complexity index is 881. The molecule has 30 heavy (non-hydrogen) atoms. The van der Waals surface area contributed by atoms with Gasteiger partial charge in [-0.2, -0.15) is 0 Å². The minimum absolute atomic E-state index is 0.0108. The molecule has 0 radical (unpaired) electrons. The van der Waals surface area contributed by atoms with Crippen LogP contribution in [0.25, 0.3) is 11.1 Å². The summed E-state index contributed by atoms with van der Waals surface area (Å²) < 4.78 is 56.1. The Morgan fingerprint density at radius 2 is 1.73 bits per heavy atom. The van der Waals surface area contributed by atoms with Crippen molar-refractivity contribution in [3.63, 3.8) is 0 Å². The molecule has 0 heterocycles. The summed E-state index contributed by atoms with van der Waals surface area (Å²) in [4.78, 5) is 11.7. The van der Waals surface area contributed by atoms with Crippen LogP contribution in [0.2, 0.25) is 0 Å². The van der Waals surface area contributed by atoms with Gasteiger partial charge in [0.15, 0.2) is 17.5 Å². The molecule has 0 saturated heterocycles. The zero-order chi connectivity index (χ0) is 21.8. The number of carboxylic acid groups (broad SMARTS) is 1. The van der Waals surface area contributed by atoms with Crippen LogP contribution in [0.4, 0.5) is 17.6 Å². The minimum Gasteiger partial charge on any atom is -0.478 e. The molecule has 1 saturated carbocycles. The number of carbonyl (C=O) groups is 1. The van der Waals surface area contributed by atoms with E-state index in [1.54, 1.807) is 0 Å². The first-order valence-electron chi connectivity index (χ1n) is 10.5. The summed E-state index contributed by atoms with van der Waals surface area (Å²) in [6.45, 7) is 2.13. The Labute approximate surface area is 173 Å². The Kier molecular flexibility index (Phi) is 7.16. The number of halogens is 4. The number of carboxylic acids is 1. The topological polar surface area (TPSA) is 37.3 Å². The molecule has 3 rings (SSSR count). The van der Waals surface area contributed by atoms with Gasteiger partial charge in [0.05, 0.1) is 5.56 Å². The maximum atomic E-state index is 15.2. The third-order valence-corrected chi connectivity index (χ3v) is 6.20. The molecule has 0 amide bonds. The highest BCUT2D eigenvalue weighted by molar-refractivity contribution is 5.92. The average Bonchev–Trinajstić information content (AvgIpc) is 2.72. The second-order valence-corrected chi connectivity index (χ2v) is 8.18. The Hall–Kier alpha value is -2.37. The van der Waals surface area contributed by atoms with E-state index in [-0.39, 0.29) is 34.6 Å². The summed E-state index contributed by atoms with van der Waals surface area (Å²) in [5.74, 6) is -5.14. The molecule has 0 spiro atoms. The van der Waals surface area contributed by atoms with Crippen molar-refractivity contribution in [3.8, 4) is 11.1 Å². The Morgan fingerprint density at radius 3 is 2.30 bits per heavy atom. The van der Waals surface area contributed by atoms with Crippen molar-refractivity contribution in [2.24, 2.45) is 11.8 Å². The van der Waals surface area contributed by atoms with E-state index in [0.717, 1.165) is 50.7 Å². The lowest BCUT2D eigenvalue weighted by atomic mass is 9.76. The first kappa shape index (κ1) is 22.3. The van der Waals surface area contributed by atoms with Gasteiger partial charge < -0.3 is 5.11 Å². The largest absolute Gasteiger partial charge is 0.478 e. The highest BCUT2D eigenvalue weighted by Crippen LogP contribution is 2.37. The normalized spacial score (nSPS) is 20.2. The van der Waals surface area contributed by atoms with Gasteiger partial charge in [-0.15, -0.1) is 0 Å². The van der Waals surface area contributed by atoms with E-state index in [1.807, 2.05) is 0 Å². The molecule has 0 bridgehead atoms. The van der Waals surface area contributed by atoms with Gasteiger partial charge in [0.2, 0.25) is 0 Å². The number of hydrogen-bond acceptors (Lipinski definition) is 1. The van der Waals surface area contributed by atoms with Crippen LogP contribution in [-0.2, 0) is 6.42 Å². The van der Waals surface area contributed by atoms with E-state index in [1.165, 1.54) is 18.2 Å². The maximum Gasteiger partial charge on any atom is 0.335 e. The van der Waals surface area contributed by atoms with Crippen LogP contribution in [0.1, 0.15) is 61.4 Å². The van der Waals surface area contributed by atoms with Gasteiger partial charge in [0, 0.05) is 6.42 Å². The SMILES string of the molecule is CCCC1CCC(C(F)Cc2c(C(=O)O)cccc2-c2cc(F)c(F)c(F)c2)CC1. The van der Waals surface area contributed by atoms with Crippen molar-refractivity contribution in [2.45, 2.75) is 58.0 Å². The summed E-state index contributed by atoms with van der Waals surface area (Å²) in [7, 11) is 0. The summed E-state index contributed by atoms with van der Waals surface area (Å²) in [6.07, 6.45) is 4.23. The van der Waals surface area contributed by atoms with Crippen LogP contribution in [0.3, 0.4) is 0 Å². The zero-order valence-corrected chi connectivity index (χ0v) is 16.9. The van der Waals surface area contributed by atoms with Gasteiger partial charge in [-0.05, 0) is 59.6 Å². The minimum atomic E-state index is -1.60. The molecule has 1 unspecified atom stereocenters. The average molecular weight is 422 g/mol. The van der Waals surface area contributed by atoms with Crippen molar-refractivity contribution in [1.82, 2.24) is 0 Å². The smallest absolute Gasteiger partial charge is 0.335 e. The van der Waals surface area contributed by atoms with E-state index < -0.39 is 29.6 Å². The summed E-state index contributed by atoms with van der Waals surface area (Å²) in [5.41, 5.74) is 0.261. The highest BCUT2D eigenvalue weighted by Gasteiger charge is 2.29. The second kappa shape index (κ2) is 9.63. The summed E-state index contributed by atoms with van der Waals surface area (Å²) in [6, 6.07) is 5.89. The van der Waals surface area contributed by atoms with Crippen LogP contribution < -0.4 is 0 Å². The molecule has 6 heteroatoms. The predicted octanol–water partition coefficient (Wildman–Crippen LogP) is 6.96. The monoisotopic (exact) mass is 422 g/mol. The maximum absolute atomic E-state index is 15.2. The third kappa shape index (κ3) is 4.85. The molecular weight excluding hydrogens is 396 g/mol. The van der Waals surface area contributed by atoms with E-state index in [4.69, 9.17) is 0 Å². The van der Waals surface area contributed by atoms with E-state index in [9.17, 15) is 23.1 Å². The molecule has 2 aromatic carbocycles. The summed E-state index contributed by atoms with van der Waals surface area (Å²) in [5, 5.41) is 9.58. The highest BCUT2D eigenvalue weighted by atomic mass is 19.2. The molecule has 0 aromatic heterocycles. The van der Waals surface area contributed by atoms with Crippen molar-refractivity contribution >= 4 is 5.97 Å². The number of rotatable bonds is 7. The van der Waals surface area contributed by atoms with E-state index >= 15 is 4.39 Å². The lowest BCUT2D eigenvalue weighted by molar-refractivity contribution is 0.0694. The van der Waals surface area contributed by atoms with Gasteiger partial charge in [0.25, 0.3) is 0 Å². The molecule has 1 N–H and O–H groups in total. The molecule has 1 aliphatic rings. The summed E-state index contributed by atoms with van der Waals surface area (Å²) >= 11 is 0. The Balaban J connectivity index is 1.91. The predicted molar refractivity (Wildman–Crippen MR) is 108 cm³/mol. The molecule has 0 aliphatic heterocycles. The second-order valence-electron chi connectivity index (χ2n) is 8.18. The Morgan fingerprint density at radius 1 is 1.10 bits per heavy atom. The third-order valence-electron chi connectivity index (χ3n) is 6.20.